The summed E-state index contributed by atoms with van der Waals surface area (Å²) in [5, 5.41) is 0.808. The number of rotatable bonds is 4. The lowest BCUT2D eigenvalue weighted by Gasteiger charge is -2.07. The molecule has 2 rings (SSSR count). The van der Waals surface area contributed by atoms with Crippen molar-refractivity contribution in [3.63, 3.8) is 0 Å². The van der Waals surface area contributed by atoms with Crippen molar-refractivity contribution in [2.75, 3.05) is 0 Å². The Labute approximate surface area is 107 Å². The highest BCUT2D eigenvalue weighted by molar-refractivity contribution is 6.31. The highest BCUT2D eigenvalue weighted by atomic mass is 35.5. The van der Waals surface area contributed by atoms with Gasteiger partial charge in [0.05, 0.1) is 0 Å². The van der Waals surface area contributed by atoms with Crippen LogP contribution in [-0.4, -0.2) is 4.57 Å². The summed E-state index contributed by atoms with van der Waals surface area (Å²) in [6, 6.07) is 10.1. The van der Waals surface area contributed by atoms with Crippen molar-refractivity contribution < 1.29 is 0 Å². The fourth-order valence-corrected chi connectivity index (χ4v) is 2.03. The standard InChI is InChI=1S/C14H17ClN2/c1-2-14(16)12-7-8-17(10-12)9-11-5-3-4-6-13(11)15/h3-8,10,14H,2,9,16H2,1H3. The molecule has 1 aromatic heterocycles. The van der Waals surface area contributed by atoms with Crippen LogP contribution < -0.4 is 5.73 Å². The van der Waals surface area contributed by atoms with Gasteiger partial charge in [-0.05, 0) is 29.7 Å². The Morgan fingerprint density at radius 1 is 1.29 bits per heavy atom. The van der Waals surface area contributed by atoms with E-state index in [1.807, 2.05) is 30.5 Å². The molecule has 0 bridgehead atoms. The normalized spacial score (nSPS) is 12.6. The largest absolute Gasteiger partial charge is 0.350 e. The molecule has 0 fully saturated rings. The van der Waals surface area contributed by atoms with E-state index in [0.717, 1.165) is 23.6 Å². The SMILES string of the molecule is CCC(N)c1ccn(Cc2ccccc2Cl)c1. The van der Waals surface area contributed by atoms with Crippen LogP contribution in [0.2, 0.25) is 5.02 Å². The molecule has 0 spiro atoms. The van der Waals surface area contributed by atoms with Crippen molar-refractivity contribution in [2.45, 2.75) is 25.9 Å². The minimum atomic E-state index is 0.127. The molecule has 2 N–H and O–H groups in total. The topological polar surface area (TPSA) is 30.9 Å². The first-order chi connectivity index (χ1) is 8.20. The number of hydrogen-bond donors (Lipinski definition) is 1. The predicted molar refractivity (Wildman–Crippen MR) is 72.2 cm³/mol. The summed E-state index contributed by atoms with van der Waals surface area (Å²) in [5.74, 6) is 0. The van der Waals surface area contributed by atoms with Gasteiger partial charge in [-0.3, -0.25) is 0 Å². The van der Waals surface area contributed by atoms with Gasteiger partial charge in [-0.1, -0.05) is 36.7 Å². The molecule has 1 heterocycles. The molecule has 0 saturated carbocycles. The summed E-state index contributed by atoms with van der Waals surface area (Å²) in [5.41, 5.74) is 8.30. The van der Waals surface area contributed by atoms with Gasteiger partial charge < -0.3 is 10.3 Å². The Bertz CT molecular complexity index is 490. The van der Waals surface area contributed by atoms with Gasteiger partial charge in [-0.15, -0.1) is 0 Å². The highest BCUT2D eigenvalue weighted by Gasteiger charge is 2.06. The first-order valence-corrected chi connectivity index (χ1v) is 6.23. The van der Waals surface area contributed by atoms with Crippen LogP contribution in [0.15, 0.2) is 42.7 Å². The minimum absolute atomic E-state index is 0.127. The molecule has 2 aromatic rings. The van der Waals surface area contributed by atoms with Crippen LogP contribution >= 0.6 is 11.6 Å². The first-order valence-electron chi connectivity index (χ1n) is 5.85. The van der Waals surface area contributed by atoms with Crippen molar-refractivity contribution in [2.24, 2.45) is 5.73 Å². The van der Waals surface area contributed by atoms with Crippen LogP contribution in [0.3, 0.4) is 0 Å². The number of nitrogens with two attached hydrogens (primary N) is 1. The van der Waals surface area contributed by atoms with E-state index in [0.29, 0.717) is 0 Å². The quantitative estimate of drug-likeness (QED) is 0.881. The summed E-state index contributed by atoms with van der Waals surface area (Å²) in [4.78, 5) is 0. The predicted octanol–water partition coefficient (Wildman–Crippen LogP) is 3.60. The van der Waals surface area contributed by atoms with Crippen LogP contribution in [0.4, 0.5) is 0 Å². The third kappa shape index (κ3) is 2.90. The molecule has 2 nitrogen and oxygen atoms in total. The van der Waals surface area contributed by atoms with E-state index in [1.165, 1.54) is 5.56 Å². The number of hydrogen-bond acceptors (Lipinski definition) is 1. The number of nitrogens with zero attached hydrogens (tertiary/aromatic N) is 1. The van der Waals surface area contributed by atoms with Gasteiger partial charge in [-0.25, -0.2) is 0 Å². The van der Waals surface area contributed by atoms with Gasteiger partial charge in [0, 0.05) is 30.0 Å². The molecule has 0 radical (unpaired) electrons. The second-order valence-corrected chi connectivity index (χ2v) is 4.63. The van der Waals surface area contributed by atoms with Crippen molar-refractivity contribution in [1.82, 2.24) is 4.57 Å². The van der Waals surface area contributed by atoms with Gasteiger partial charge in [0.2, 0.25) is 0 Å². The van der Waals surface area contributed by atoms with Crippen LogP contribution in [0.1, 0.15) is 30.5 Å². The molecule has 0 aliphatic rings. The molecule has 0 aliphatic heterocycles. The zero-order chi connectivity index (χ0) is 12.3. The maximum atomic E-state index is 6.13. The van der Waals surface area contributed by atoms with Crippen molar-refractivity contribution >= 4 is 11.6 Å². The molecule has 3 heteroatoms. The smallest absolute Gasteiger partial charge is 0.0485 e. The Kier molecular flexibility index (Phi) is 3.87. The maximum absolute atomic E-state index is 6.13. The average Bonchev–Trinajstić information content (AvgIpc) is 2.80. The van der Waals surface area contributed by atoms with Gasteiger partial charge >= 0.3 is 0 Å². The molecule has 0 aliphatic carbocycles. The fourth-order valence-electron chi connectivity index (χ4n) is 1.84. The molecule has 0 saturated heterocycles. The van der Waals surface area contributed by atoms with Crippen molar-refractivity contribution in [3.8, 4) is 0 Å². The second kappa shape index (κ2) is 5.39. The number of aromatic nitrogens is 1. The maximum Gasteiger partial charge on any atom is 0.0485 e. The van der Waals surface area contributed by atoms with Crippen LogP contribution in [-0.2, 0) is 6.54 Å². The molecular formula is C14H17ClN2. The zero-order valence-corrected chi connectivity index (χ0v) is 10.7. The monoisotopic (exact) mass is 248 g/mol. The van der Waals surface area contributed by atoms with Gasteiger partial charge in [-0.2, -0.15) is 0 Å². The molecule has 17 heavy (non-hydrogen) atoms. The summed E-state index contributed by atoms with van der Waals surface area (Å²) in [7, 11) is 0. The van der Waals surface area contributed by atoms with E-state index >= 15 is 0 Å². The lowest BCUT2D eigenvalue weighted by Crippen LogP contribution is -2.07. The third-order valence-corrected chi connectivity index (χ3v) is 3.32. The van der Waals surface area contributed by atoms with Crippen molar-refractivity contribution in [1.29, 1.82) is 0 Å². The van der Waals surface area contributed by atoms with Gasteiger partial charge in [0.15, 0.2) is 0 Å². The Morgan fingerprint density at radius 3 is 2.76 bits per heavy atom. The van der Waals surface area contributed by atoms with E-state index < -0.39 is 0 Å². The lowest BCUT2D eigenvalue weighted by molar-refractivity contribution is 0.693. The third-order valence-electron chi connectivity index (χ3n) is 2.95. The summed E-state index contributed by atoms with van der Waals surface area (Å²) in [6.45, 7) is 2.88. The minimum Gasteiger partial charge on any atom is -0.350 e. The molecule has 1 unspecified atom stereocenters. The van der Waals surface area contributed by atoms with Crippen LogP contribution in [0, 0.1) is 0 Å². The highest BCUT2D eigenvalue weighted by Crippen LogP contribution is 2.18. The van der Waals surface area contributed by atoms with Crippen LogP contribution in [0.5, 0.6) is 0 Å². The lowest BCUT2D eigenvalue weighted by atomic mass is 10.1. The molecule has 0 amide bonds. The molecular weight excluding hydrogens is 232 g/mol. The van der Waals surface area contributed by atoms with E-state index in [1.54, 1.807) is 0 Å². The molecule has 1 atom stereocenters. The Hall–Kier alpha value is -1.25. The average molecular weight is 249 g/mol. The summed E-state index contributed by atoms with van der Waals surface area (Å²) >= 11 is 6.13. The number of halogens is 1. The second-order valence-electron chi connectivity index (χ2n) is 4.22. The Balaban J connectivity index is 2.14. The van der Waals surface area contributed by atoms with E-state index in [4.69, 9.17) is 17.3 Å². The molecule has 90 valence electrons. The summed E-state index contributed by atoms with van der Waals surface area (Å²) in [6.07, 6.45) is 5.10. The number of benzene rings is 1. The zero-order valence-electron chi connectivity index (χ0n) is 9.94. The van der Waals surface area contributed by atoms with Crippen LogP contribution in [0.25, 0.3) is 0 Å². The fraction of sp³-hybridized carbons (Fsp3) is 0.286. The van der Waals surface area contributed by atoms with Gasteiger partial charge in [0.25, 0.3) is 0 Å². The van der Waals surface area contributed by atoms with Crippen molar-refractivity contribution in [3.05, 3.63) is 58.9 Å². The van der Waals surface area contributed by atoms with Gasteiger partial charge in [0.1, 0.15) is 0 Å². The van der Waals surface area contributed by atoms with E-state index in [9.17, 15) is 0 Å². The Morgan fingerprint density at radius 2 is 2.06 bits per heavy atom. The first kappa shape index (κ1) is 12.2. The van der Waals surface area contributed by atoms with E-state index in [2.05, 4.69) is 23.8 Å². The summed E-state index contributed by atoms with van der Waals surface area (Å²) < 4.78 is 2.12. The molecule has 1 aromatic carbocycles. The van der Waals surface area contributed by atoms with E-state index in [-0.39, 0.29) is 6.04 Å².